The number of halogens is 1. The number of rotatable bonds is 3. The second-order valence-electron chi connectivity index (χ2n) is 6.64. The van der Waals surface area contributed by atoms with Gasteiger partial charge in [0.15, 0.2) is 5.82 Å². The summed E-state index contributed by atoms with van der Waals surface area (Å²) in [5.74, 6) is 1.46. The lowest BCUT2D eigenvalue weighted by Gasteiger charge is -2.19. The lowest BCUT2D eigenvalue weighted by Crippen LogP contribution is -2.10. The quantitative estimate of drug-likeness (QED) is 0.426. The van der Waals surface area contributed by atoms with Crippen molar-refractivity contribution >= 4 is 45.1 Å². The number of phenolic OH excluding ortho intramolecular Hbond substituents is 1. The molecule has 2 aromatic carbocycles. The Morgan fingerprint density at radius 2 is 2.04 bits per heavy atom. The molecule has 1 aromatic heterocycles. The minimum Gasteiger partial charge on any atom is -0.507 e. The van der Waals surface area contributed by atoms with Crippen molar-refractivity contribution in [1.82, 2.24) is 14.9 Å². The van der Waals surface area contributed by atoms with Crippen molar-refractivity contribution in [1.29, 1.82) is 0 Å². The van der Waals surface area contributed by atoms with E-state index in [1.165, 1.54) is 19.3 Å². The number of nitrogens with zero attached hydrogens (tertiary/aromatic N) is 3. The standard InChI is InChI=1S/C19H19BrN4OS/c20-14-7-8-15-13(10-14)6-9-17(25)16(15)11-21-24-18(22-23-19(24)26)12-4-2-1-3-5-12/h6-12,25H,1-5H2,(H,23,26)/b21-11-. The fourth-order valence-electron chi connectivity index (χ4n) is 3.60. The van der Waals surface area contributed by atoms with Gasteiger partial charge < -0.3 is 5.11 Å². The van der Waals surface area contributed by atoms with E-state index in [-0.39, 0.29) is 5.75 Å². The van der Waals surface area contributed by atoms with E-state index in [0.29, 0.717) is 16.3 Å². The van der Waals surface area contributed by atoms with Crippen molar-refractivity contribution in [2.75, 3.05) is 0 Å². The molecule has 1 aliphatic rings. The molecule has 0 amide bonds. The van der Waals surface area contributed by atoms with Crippen molar-refractivity contribution in [2.24, 2.45) is 5.10 Å². The van der Waals surface area contributed by atoms with Gasteiger partial charge in [-0.05, 0) is 54.0 Å². The zero-order valence-electron chi connectivity index (χ0n) is 14.2. The molecule has 0 aliphatic heterocycles. The summed E-state index contributed by atoms with van der Waals surface area (Å²) in [5, 5.41) is 24.1. The Morgan fingerprint density at radius 3 is 2.85 bits per heavy atom. The Bertz CT molecular complexity index is 1030. The van der Waals surface area contributed by atoms with Crippen LogP contribution in [0.25, 0.3) is 10.8 Å². The average Bonchev–Trinajstić information content (AvgIpc) is 3.02. The summed E-state index contributed by atoms with van der Waals surface area (Å²) in [6, 6.07) is 9.52. The first-order valence-electron chi connectivity index (χ1n) is 8.76. The Labute approximate surface area is 164 Å². The molecule has 1 saturated carbocycles. The van der Waals surface area contributed by atoms with Crippen LogP contribution in [-0.4, -0.2) is 26.2 Å². The van der Waals surface area contributed by atoms with E-state index in [9.17, 15) is 5.11 Å². The van der Waals surface area contributed by atoms with Gasteiger partial charge in [0.1, 0.15) is 5.75 Å². The maximum Gasteiger partial charge on any atom is 0.216 e. The van der Waals surface area contributed by atoms with Gasteiger partial charge in [-0.15, -0.1) is 0 Å². The molecule has 0 saturated heterocycles. The summed E-state index contributed by atoms with van der Waals surface area (Å²) in [4.78, 5) is 0. The molecule has 0 unspecified atom stereocenters. The molecule has 134 valence electrons. The van der Waals surface area contributed by atoms with Crippen LogP contribution in [0.4, 0.5) is 0 Å². The van der Waals surface area contributed by atoms with Gasteiger partial charge in [-0.1, -0.05) is 47.3 Å². The average molecular weight is 431 g/mol. The smallest absolute Gasteiger partial charge is 0.216 e. The van der Waals surface area contributed by atoms with Gasteiger partial charge in [-0.3, -0.25) is 5.10 Å². The molecule has 0 radical (unpaired) electrons. The number of aromatic amines is 1. The normalized spacial score (nSPS) is 15.9. The van der Waals surface area contributed by atoms with Crippen LogP contribution in [0.5, 0.6) is 5.75 Å². The lowest BCUT2D eigenvalue weighted by molar-refractivity contribution is 0.419. The van der Waals surface area contributed by atoms with E-state index in [2.05, 4.69) is 31.2 Å². The number of benzene rings is 2. The molecule has 0 bridgehead atoms. The van der Waals surface area contributed by atoms with Crippen LogP contribution >= 0.6 is 28.1 Å². The predicted molar refractivity (Wildman–Crippen MR) is 110 cm³/mol. The Kier molecular flexibility index (Phi) is 4.91. The Hall–Kier alpha value is -1.99. The summed E-state index contributed by atoms with van der Waals surface area (Å²) in [5.41, 5.74) is 0.674. The molecular formula is C19H19BrN4OS. The zero-order chi connectivity index (χ0) is 18.1. The summed E-state index contributed by atoms with van der Waals surface area (Å²) >= 11 is 8.85. The minimum absolute atomic E-state index is 0.192. The summed E-state index contributed by atoms with van der Waals surface area (Å²) in [6.45, 7) is 0. The highest BCUT2D eigenvalue weighted by molar-refractivity contribution is 9.10. The first kappa shape index (κ1) is 17.4. The van der Waals surface area contributed by atoms with Crippen LogP contribution in [0.3, 0.4) is 0 Å². The molecule has 4 rings (SSSR count). The largest absolute Gasteiger partial charge is 0.507 e. The molecule has 3 aromatic rings. The van der Waals surface area contributed by atoms with Gasteiger partial charge in [0, 0.05) is 16.0 Å². The molecule has 1 fully saturated rings. The van der Waals surface area contributed by atoms with Gasteiger partial charge in [0.05, 0.1) is 6.21 Å². The third-order valence-electron chi connectivity index (χ3n) is 4.95. The maximum absolute atomic E-state index is 10.3. The van der Waals surface area contributed by atoms with Crippen LogP contribution in [0.15, 0.2) is 39.9 Å². The number of aromatic hydroxyl groups is 1. The molecule has 1 heterocycles. The van der Waals surface area contributed by atoms with E-state index in [1.54, 1.807) is 17.0 Å². The highest BCUT2D eigenvalue weighted by Crippen LogP contribution is 2.32. The van der Waals surface area contributed by atoms with E-state index < -0.39 is 0 Å². The number of aromatic nitrogens is 3. The van der Waals surface area contributed by atoms with Gasteiger partial charge in [0.25, 0.3) is 0 Å². The van der Waals surface area contributed by atoms with Crippen molar-refractivity contribution < 1.29 is 5.11 Å². The zero-order valence-corrected chi connectivity index (χ0v) is 16.6. The second-order valence-corrected chi connectivity index (χ2v) is 7.94. The van der Waals surface area contributed by atoms with Crippen LogP contribution in [0.2, 0.25) is 0 Å². The third-order valence-corrected chi connectivity index (χ3v) is 5.71. The third kappa shape index (κ3) is 3.33. The fourth-order valence-corrected chi connectivity index (χ4v) is 4.17. The molecule has 5 nitrogen and oxygen atoms in total. The van der Waals surface area contributed by atoms with Crippen LogP contribution in [0.1, 0.15) is 49.4 Å². The van der Waals surface area contributed by atoms with Gasteiger partial charge in [-0.25, -0.2) is 0 Å². The van der Waals surface area contributed by atoms with Crippen LogP contribution in [0, 0.1) is 4.77 Å². The lowest BCUT2D eigenvalue weighted by atomic mass is 9.89. The molecular weight excluding hydrogens is 412 g/mol. The number of fused-ring (bicyclic) bond motifs is 1. The van der Waals surface area contributed by atoms with Gasteiger partial charge in [0.2, 0.25) is 4.77 Å². The number of H-pyrrole nitrogens is 1. The van der Waals surface area contributed by atoms with Crippen LogP contribution < -0.4 is 0 Å². The summed E-state index contributed by atoms with van der Waals surface area (Å²) < 4.78 is 3.17. The number of nitrogens with one attached hydrogen (secondary N) is 1. The highest BCUT2D eigenvalue weighted by atomic mass is 79.9. The van der Waals surface area contributed by atoms with Crippen molar-refractivity contribution in [3.05, 3.63) is 51.0 Å². The molecule has 0 atom stereocenters. The summed E-state index contributed by atoms with van der Waals surface area (Å²) in [6.07, 6.45) is 7.61. The van der Waals surface area contributed by atoms with Crippen molar-refractivity contribution in [3.8, 4) is 5.75 Å². The second kappa shape index (κ2) is 7.32. The van der Waals surface area contributed by atoms with E-state index >= 15 is 0 Å². The van der Waals surface area contributed by atoms with E-state index in [1.807, 2.05) is 24.3 Å². The number of hydrogen-bond acceptors (Lipinski definition) is 4. The number of phenols is 1. The highest BCUT2D eigenvalue weighted by Gasteiger charge is 2.21. The Morgan fingerprint density at radius 1 is 1.23 bits per heavy atom. The Balaban J connectivity index is 1.75. The molecule has 26 heavy (non-hydrogen) atoms. The number of hydrogen-bond donors (Lipinski definition) is 2. The van der Waals surface area contributed by atoms with E-state index in [0.717, 1.165) is 33.9 Å². The van der Waals surface area contributed by atoms with E-state index in [4.69, 9.17) is 12.2 Å². The van der Waals surface area contributed by atoms with Gasteiger partial charge in [-0.2, -0.15) is 14.9 Å². The molecule has 1 aliphatic carbocycles. The fraction of sp³-hybridized carbons (Fsp3) is 0.316. The predicted octanol–water partition coefficient (Wildman–Crippen LogP) is 5.49. The monoisotopic (exact) mass is 430 g/mol. The molecule has 7 heteroatoms. The first-order chi connectivity index (χ1) is 12.6. The van der Waals surface area contributed by atoms with Crippen molar-refractivity contribution in [2.45, 2.75) is 38.0 Å². The molecule has 0 spiro atoms. The minimum atomic E-state index is 0.192. The van der Waals surface area contributed by atoms with Crippen molar-refractivity contribution in [3.63, 3.8) is 0 Å². The summed E-state index contributed by atoms with van der Waals surface area (Å²) in [7, 11) is 0. The van der Waals surface area contributed by atoms with Gasteiger partial charge >= 0.3 is 0 Å². The SMILES string of the molecule is Oc1ccc2cc(Br)ccc2c1/C=N\n1c(C2CCCCC2)n[nH]c1=S. The topological polar surface area (TPSA) is 66.2 Å². The maximum atomic E-state index is 10.3. The molecule has 2 N–H and O–H groups in total. The first-order valence-corrected chi connectivity index (χ1v) is 9.96. The van der Waals surface area contributed by atoms with Crippen LogP contribution in [-0.2, 0) is 0 Å².